The van der Waals surface area contributed by atoms with Crippen molar-refractivity contribution in [2.24, 2.45) is 0 Å². The van der Waals surface area contributed by atoms with Crippen molar-refractivity contribution in [1.82, 2.24) is 0 Å². The molecule has 0 bridgehead atoms. The number of benzene rings is 3. The van der Waals surface area contributed by atoms with Gasteiger partial charge in [0.25, 0.3) is 5.69 Å². The topological polar surface area (TPSA) is 143 Å². The van der Waals surface area contributed by atoms with Crippen molar-refractivity contribution in [2.75, 3.05) is 6.61 Å². The van der Waals surface area contributed by atoms with Crippen molar-refractivity contribution in [3.63, 3.8) is 0 Å². The average Bonchev–Trinajstić information content (AvgIpc) is 2.82. The van der Waals surface area contributed by atoms with E-state index in [1.54, 1.807) is 19.1 Å². The van der Waals surface area contributed by atoms with Crippen molar-refractivity contribution in [1.29, 1.82) is 10.5 Å². The minimum absolute atomic E-state index is 0.0614. The summed E-state index contributed by atoms with van der Waals surface area (Å²) < 4.78 is 10.7. The second-order valence-electron chi connectivity index (χ2n) is 6.82. The van der Waals surface area contributed by atoms with Gasteiger partial charge in [-0.15, -0.1) is 0 Å². The molecule has 0 aromatic heterocycles. The Morgan fingerprint density at radius 2 is 1.67 bits per heavy atom. The van der Waals surface area contributed by atoms with Crippen molar-refractivity contribution in [2.45, 2.75) is 6.92 Å². The van der Waals surface area contributed by atoms with Gasteiger partial charge in [-0.05, 0) is 43.3 Å². The molecule has 0 saturated heterocycles. The normalized spacial score (nSPS) is 9.91. The highest BCUT2D eigenvalue weighted by Crippen LogP contribution is 2.25. The zero-order chi connectivity index (χ0) is 24.0. The van der Waals surface area contributed by atoms with Gasteiger partial charge in [-0.25, -0.2) is 4.79 Å². The average molecular weight is 441 g/mol. The van der Waals surface area contributed by atoms with E-state index >= 15 is 0 Å². The van der Waals surface area contributed by atoms with Gasteiger partial charge in [-0.2, -0.15) is 10.5 Å². The van der Waals surface area contributed by atoms with Crippen LogP contribution in [0.1, 0.15) is 37.4 Å². The molecular formula is C24H15N3O6. The zero-order valence-electron chi connectivity index (χ0n) is 17.3. The number of aryl methyl sites for hydroxylation is 1. The van der Waals surface area contributed by atoms with E-state index < -0.39 is 23.3 Å². The molecule has 0 N–H and O–H groups in total. The van der Waals surface area contributed by atoms with E-state index in [1.807, 2.05) is 12.1 Å². The van der Waals surface area contributed by atoms with Crippen molar-refractivity contribution in [3.8, 4) is 23.6 Å². The highest BCUT2D eigenvalue weighted by molar-refractivity contribution is 6.00. The number of ketones is 1. The number of nitro benzene ring substituents is 1. The summed E-state index contributed by atoms with van der Waals surface area (Å²) in [5, 5.41) is 29.2. The number of hydrogen-bond donors (Lipinski definition) is 0. The second kappa shape index (κ2) is 9.86. The van der Waals surface area contributed by atoms with Crippen LogP contribution < -0.4 is 4.74 Å². The first-order chi connectivity index (χ1) is 15.8. The summed E-state index contributed by atoms with van der Waals surface area (Å²) in [7, 11) is 0. The predicted molar refractivity (Wildman–Crippen MR) is 115 cm³/mol. The molecule has 0 aliphatic heterocycles. The number of ether oxygens (including phenoxy) is 2. The maximum absolute atomic E-state index is 12.4. The minimum Gasteiger partial charge on any atom is -0.457 e. The van der Waals surface area contributed by atoms with Crippen LogP contribution in [-0.2, 0) is 4.74 Å². The Kier molecular flexibility index (Phi) is 6.77. The van der Waals surface area contributed by atoms with E-state index in [1.165, 1.54) is 42.5 Å². The first-order valence-electron chi connectivity index (χ1n) is 9.50. The Morgan fingerprint density at radius 3 is 2.36 bits per heavy atom. The summed E-state index contributed by atoms with van der Waals surface area (Å²) in [6.45, 7) is 0.964. The summed E-state index contributed by atoms with van der Waals surface area (Å²) in [5.41, 5.74) is 0.760. The molecular weight excluding hydrogens is 426 g/mol. The highest BCUT2D eigenvalue weighted by Gasteiger charge is 2.17. The van der Waals surface area contributed by atoms with E-state index in [0.29, 0.717) is 11.3 Å². The molecule has 3 rings (SSSR count). The van der Waals surface area contributed by atoms with Crippen molar-refractivity contribution >= 4 is 17.4 Å². The lowest BCUT2D eigenvalue weighted by molar-refractivity contribution is -0.385. The van der Waals surface area contributed by atoms with Crippen LogP contribution in [0.4, 0.5) is 5.69 Å². The van der Waals surface area contributed by atoms with Crippen LogP contribution in [0.5, 0.6) is 11.5 Å². The first kappa shape index (κ1) is 22.7. The smallest absolute Gasteiger partial charge is 0.338 e. The van der Waals surface area contributed by atoms with Crippen LogP contribution in [-0.4, -0.2) is 23.3 Å². The highest BCUT2D eigenvalue weighted by atomic mass is 16.6. The summed E-state index contributed by atoms with van der Waals surface area (Å²) >= 11 is 0. The predicted octanol–water partition coefficient (Wildman–Crippen LogP) is 4.48. The molecule has 0 atom stereocenters. The van der Waals surface area contributed by atoms with Gasteiger partial charge >= 0.3 is 5.97 Å². The lowest BCUT2D eigenvalue weighted by Gasteiger charge is -2.09. The molecule has 0 aliphatic rings. The van der Waals surface area contributed by atoms with Crippen molar-refractivity contribution < 1.29 is 24.0 Å². The molecule has 0 unspecified atom stereocenters. The molecule has 0 aliphatic carbocycles. The number of nitriles is 2. The van der Waals surface area contributed by atoms with Gasteiger partial charge in [0.15, 0.2) is 6.61 Å². The van der Waals surface area contributed by atoms with Crippen LogP contribution in [0.25, 0.3) is 0 Å². The zero-order valence-corrected chi connectivity index (χ0v) is 17.3. The fourth-order valence-corrected chi connectivity index (χ4v) is 2.88. The summed E-state index contributed by atoms with van der Waals surface area (Å²) in [6.07, 6.45) is 0. The van der Waals surface area contributed by atoms with Gasteiger partial charge in [-0.1, -0.05) is 18.2 Å². The third kappa shape index (κ3) is 5.37. The van der Waals surface area contributed by atoms with Crippen LogP contribution in [0.3, 0.4) is 0 Å². The summed E-state index contributed by atoms with van der Waals surface area (Å²) in [6, 6.07) is 18.2. The molecule has 0 heterocycles. The number of rotatable bonds is 7. The fraction of sp³-hybridized carbons (Fsp3) is 0.0833. The Bertz CT molecular complexity index is 1350. The molecule has 0 spiro atoms. The van der Waals surface area contributed by atoms with E-state index in [2.05, 4.69) is 0 Å². The maximum Gasteiger partial charge on any atom is 0.338 e. The van der Waals surface area contributed by atoms with Gasteiger partial charge < -0.3 is 9.47 Å². The Labute approximate surface area is 188 Å². The van der Waals surface area contributed by atoms with Gasteiger partial charge in [-0.3, -0.25) is 14.9 Å². The number of esters is 1. The lowest BCUT2D eigenvalue weighted by Crippen LogP contribution is -2.14. The number of hydrogen-bond acceptors (Lipinski definition) is 8. The monoisotopic (exact) mass is 441 g/mol. The molecule has 9 nitrogen and oxygen atoms in total. The third-order valence-corrected chi connectivity index (χ3v) is 4.60. The standard InChI is InChI=1S/C24H15N3O6/c1-15-5-6-16(11-22(15)27(30)31)23(28)14-32-24(29)17-3-2-4-20(9-17)33-21-8-7-18(12-25)19(10-21)13-26/h2-11H,14H2,1H3. The second-order valence-corrected chi connectivity index (χ2v) is 6.82. The van der Waals surface area contributed by atoms with Crippen LogP contribution >= 0.6 is 0 Å². The van der Waals surface area contributed by atoms with E-state index in [9.17, 15) is 19.7 Å². The molecule has 162 valence electrons. The third-order valence-electron chi connectivity index (χ3n) is 4.60. The van der Waals surface area contributed by atoms with Gasteiger partial charge in [0.1, 0.15) is 23.6 Å². The van der Waals surface area contributed by atoms with Crippen LogP contribution in [0.2, 0.25) is 0 Å². The number of carbonyl (C=O) groups excluding carboxylic acids is 2. The van der Waals surface area contributed by atoms with E-state index in [4.69, 9.17) is 20.0 Å². The van der Waals surface area contributed by atoms with E-state index in [0.717, 1.165) is 6.07 Å². The maximum atomic E-state index is 12.4. The largest absolute Gasteiger partial charge is 0.457 e. The number of Topliss-reactive ketones (excluding diaryl/α,β-unsaturated/α-hetero) is 1. The quantitative estimate of drug-likeness (QED) is 0.226. The Morgan fingerprint density at radius 1 is 0.939 bits per heavy atom. The Balaban J connectivity index is 1.68. The number of nitro groups is 1. The number of nitrogens with zero attached hydrogens (tertiary/aromatic N) is 3. The molecule has 0 radical (unpaired) electrons. The van der Waals surface area contributed by atoms with Gasteiger partial charge in [0, 0.05) is 17.2 Å². The summed E-state index contributed by atoms with van der Waals surface area (Å²) in [5.74, 6) is -0.792. The molecule has 9 heteroatoms. The Hall–Kier alpha value is -5.02. The summed E-state index contributed by atoms with van der Waals surface area (Å²) in [4.78, 5) is 35.2. The molecule has 0 amide bonds. The lowest BCUT2D eigenvalue weighted by atomic mass is 10.1. The molecule has 3 aromatic carbocycles. The molecule has 0 saturated carbocycles. The number of carbonyl (C=O) groups is 2. The van der Waals surface area contributed by atoms with Crippen molar-refractivity contribution in [3.05, 3.63) is 98.6 Å². The van der Waals surface area contributed by atoms with Gasteiger partial charge in [0.05, 0.1) is 21.6 Å². The molecule has 3 aromatic rings. The van der Waals surface area contributed by atoms with E-state index in [-0.39, 0.29) is 33.7 Å². The molecule has 33 heavy (non-hydrogen) atoms. The SMILES string of the molecule is Cc1ccc(C(=O)COC(=O)c2cccc(Oc3ccc(C#N)c(C#N)c3)c2)cc1[N+](=O)[O-]. The first-order valence-corrected chi connectivity index (χ1v) is 9.50. The van der Waals surface area contributed by atoms with Gasteiger partial charge in [0.2, 0.25) is 5.78 Å². The molecule has 0 fully saturated rings. The van der Waals surface area contributed by atoms with Crippen LogP contribution in [0.15, 0.2) is 60.7 Å². The fourth-order valence-electron chi connectivity index (χ4n) is 2.88. The minimum atomic E-state index is -0.784. The van der Waals surface area contributed by atoms with Crippen LogP contribution in [0, 0.1) is 39.7 Å².